The van der Waals surface area contributed by atoms with Crippen LogP contribution < -0.4 is 0 Å². The number of rotatable bonds is 7. The van der Waals surface area contributed by atoms with Crippen LogP contribution in [0.15, 0.2) is 55.0 Å². The van der Waals surface area contributed by atoms with Gasteiger partial charge in [0, 0.05) is 33.3 Å². The van der Waals surface area contributed by atoms with Crippen molar-refractivity contribution in [3.05, 3.63) is 60.7 Å². The highest BCUT2D eigenvalue weighted by Crippen LogP contribution is 2.19. The predicted molar refractivity (Wildman–Crippen MR) is 96.0 cm³/mol. The average molecular weight is 338 g/mol. The zero-order valence-electron chi connectivity index (χ0n) is 14.5. The lowest BCUT2D eigenvalue weighted by Gasteiger charge is -2.27. The third kappa shape index (κ3) is 3.85. The van der Waals surface area contributed by atoms with E-state index in [1.54, 1.807) is 31.6 Å². The third-order valence-electron chi connectivity index (χ3n) is 4.31. The number of nitrogens with zero attached hydrogens (tertiary/aromatic N) is 4. The molecule has 0 aliphatic carbocycles. The highest BCUT2D eigenvalue weighted by molar-refractivity contribution is 5.77. The number of imidazole rings is 1. The Morgan fingerprint density at radius 3 is 2.76 bits per heavy atom. The molecule has 6 nitrogen and oxygen atoms in total. The van der Waals surface area contributed by atoms with Crippen LogP contribution in [0.2, 0.25) is 0 Å². The van der Waals surface area contributed by atoms with Crippen LogP contribution in [0.3, 0.4) is 0 Å². The van der Waals surface area contributed by atoms with E-state index >= 15 is 0 Å². The molecule has 0 saturated heterocycles. The summed E-state index contributed by atoms with van der Waals surface area (Å²) in [5.74, 6) is 0.0467. The number of benzene rings is 1. The monoisotopic (exact) mass is 338 g/mol. The topological polar surface area (TPSA) is 60.2 Å². The lowest BCUT2D eigenvalue weighted by molar-refractivity contribution is -0.133. The SMILES string of the molecule is COCC(c1ccccn1)N(C)C(=O)CCn1cnc2ccccc21. The molecule has 2 heterocycles. The molecule has 25 heavy (non-hydrogen) atoms. The van der Waals surface area contributed by atoms with Crippen LogP contribution in [0.1, 0.15) is 18.2 Å². The molecule has 130 valence electrons. The minimum absolute atomic E-state index is 0.0467. The first-order valence-electron chi connectivity index (χ1n) is 8.26. The summed E-state index contributed by atoms with van der Waals surface area (Å²) >= 11 is 0. The van der Waals surface area contributed by atoms with Gasteiger partial charge in [0.05, 0.1) is 35.7 Å². The summed E-state index contributed by atoms with van der Waals surface area (Å²) in [6.45, 7) is 0.999. The number of ether oxygens (including phenoxy) is 1. The van der Waals surface area contributed by atoms with E-state index < -0.39 is 0 Å². The van der Waals surface area contributed by atoms with Gasteiger partial charge in [-0.15, -0.1) is 0 Å². The molecule has 6 heteroatoms. The summed E-state index contributed by atoms with van der Waals surface area (Å²) in [5.41, 5.74) is 2.80. The summed E-state index contributed by atoms with van der Waals surface area (Å²) in [4.78, 5) is 23.1. The number of methoxy groups -OCH3 is 1. The van der Waals surface area contributed by atoms with E-state index in [0.29, 0.717) is 19.6 Å². The van der Waals surface area contributed by atoms with Gasteiger partial charge in [-0.3, -0.25) is 9.78 Å². The van der Waals surface area contributed by atoms with Crippen molar-refractivity contribution < 1.29 is 9.53 Å². The number of aryl methyl sites for hydroxylation is 1. The lowest BCUT2D eigenvalue weighted by atomic mass is 10.1. The van der Waals surface area contributed by atoms with Gasteiger partial charge in [-0.2, -0.15) is 0 Å². The van der Waals surface area contributed by atoms with Crippen molar-refractivity contribution in [1.82, 2.24) is 19.4 Å². The molecule has 0 radical (unpaired) electrons. The van der Waals surface area contributed by atoms with E-state index in [-0.39, 0.29) is 11.9 Å². The summed E-state index contributed by atoms with van der Waals surface area (Å²) in [5, 5.41) is 0. The van der Waals surface area contributed by atoms with Crippen molar-refractivity contribution in [2.75, 3.05) is 20.8 Å². The van der Waals surface area contributed by atoms with Gasteiger partial charge in [-0.05, 0) is 24.3 Å². The van der Waals surface area contributed by atoms with Crippen LogP contribution in [0.5, 0.6) is 0 Å². The number of carbonyl (C=O) groups is 1. The Bertz CT molecular complexity index is 832. The van der Waals surface area contributed by atoms with Crippen LogP contribution in [-0.2, 0) is 16.1 Å². The number of fused-ring (bicyclic) bond motifs is 1. The molecule has 2 aromatic heterocycles. The minimum atomic E-state index is -0.196. The fraction of sp³-hybridized carbons (Fsp3) is 0.316. The molecule has 1 atom stereocenters. The van der Waals surface area contributed by atoms with E-state index in [1.807, 2.05) is 47.0 Å². The molecule has 1 amide bonds. The molecule has 3 rings (SSSR count). The third-order valence-corrected chi connectivity index (χ3v) is 4.31. The second-order valence-corrected chi connectivity index (χ2v) is 5.91. The highest BCUT2D eigenvalue weighted by Gasteiger charge is 2.22. The van der Waals surface area contributed by atoms with Crippen LogP contribution in [0.4, 0.5) is 0 Å². The van der Waals surface area contributed by atoms with E-state index in [4.69, 9.17) is 4.74 Å². The largest absolute Gasteiger partial charge is 0.382 e. The standard InChI is InChI=1S/C19H22N4O2/c1-22(18(13-25-2)16-8-5-6-11-20-16)19(24)10-12-23-14-21-15-7-3-4-9-17(15)23/h3-9,11,14,18H,10,12-13H2,1-2H3. The zero-order chi connectivity index (χ0) is 17.6. The molecule has 0 N–H and O–H groups in total. The molecular formula is C19H22N4O2. The Labute approximate surface area is 147 Å². The van der Waals surface area contributed by atoms with Crippen molar-refractivity contribution in [3.8, 4) is 0 Å². The molecule has 0 aliphatic heterocycles. The Balaban J connectivity index is 1.69. The van der Waals surface area contributed by atoms with Crippen molar-refractivity contribution >= 4 is 16.9 Å². The number of pyridine rings is 1. The predicted octanol–water partition coefficient (Wildman–Crippen LogP) is 2.67. The average Bonchev–Trinajstić information content (AvgIpc) is 3.07. The van der Waals surface area contributed by atoms with Crippen molar-refractivity contribution in [2.45, 2.75) is 19.0 Å². The smallest absolute Gasteiger partial charge is 0.224 e. The van der Waals surface area contributed by atoms with Crippen LogP contribution >= 0.6 is 0 Å². The maximum absolute atomic E-state index is 12.7. The van der Waals surface area contributed by atoms with Crippen LogP contribution in [0.25, 0.3) is 11.0 Å². The first kappa shape index (κ1) is 17.1. The van der Waals surface area contributed by atoms with E-state index in [2.05, 4.69) is 9.97 Å². The van der Waals surface area contributed by atoms with E-state index in [9.17, 15) is 4.79 Å². The lowest BCUT2D eigenvalue weighted by Crippen LogP contribution is -2.34. The fourth-order valence-electron chi connectivity index (χ4n) is 2.88. The number of hydrogen-bond acceptors (Lipinski definition) is 4. The maximum atomic E-state index is 12.7. The van der Waals surface area contributed by atoms with Gasteiger partial charge in [0.1, 0.15) is 0 Å². The molecular weight excluding hydrogens is 316 g/mol. The van der Waals surface area contributed by atoms with Crippen molar-refractivity contribution in [2.24, 2.45) is 0 Å². The van der Waals surface area contributed by atoms with E-state index in [0.717, 1.165) is 16.7 Å². The van der Waals surface area contributed by atoms with Crippen LogP contribution in [-0.4, -0.2) is 46.1 Å². The Morgan fingerprint density at radius 1 is 1.20 bits per heavy atom. The zero-order valence-corrected chi connectivity index (χ0v) is 14.5. The number of hydrogen-bond donors (Lipinski definition) is 0. The van der Waals surface area contributed by atoms with Gasteiger partial charge in [0.25, 0.3) is 0 Å². The summed E-state index contributed by atoms with van der Waals surface area (Å²) in [6.07, 6.45) is 3.90. The van der Waals surface area contributed by atoms with Gasteiger partial charge >= 0.3 is 0 Å². The van der Waals surface area contributed by atoms with Gasteiger partial charge in [-0.1, -0.05) is 18.2 Å². The highest BCUT2D eigenvalue weighted by atomic mass is 16.5. The second-order valence-electron chi connectivity index (χ2n) is 5.91. The fourth-order valence-corrected chi connectivity index (χ4v) is 2.88. The quantitative estimate of drug-likeness (QED) is 0.664. The van der Waals surface area contributed by atoms with Gasteiger partial charge in [0.2, 0.25) is 5.91 Å². The molecule has 1 aromatic carbocycles. The Morgan fingerprint density at radius 2 is 2.00 bits per heavy atom. The number of amides is 1. The molecule has 0 spiro atoms. The van der Waals surface area contributed by atoms with E-state index in [1.165, 1.54) is 0 Å². The summed E-state index contributed by atoms with van der Waals surface area (Å²) in [7, 11) is 3.43. The molecule has 3 aromatic rings. The molecule has 0 bridgehead atoms. The molecule has 0 aliphatic rings. The summed E-state index contributed by atoms with van der Waals surface area (Å²) < 4.78 is 7.30. The number of likely N-dealkylation sites (N-methyl/N-ethyl adjacent to an activating group) is 1. The first-order valence-corrected chi connectivity index (χ1v) is 8.26. The maximum Gasteiger partial charge on any atom is 0.224 e. The van der Waals surface area contributed by atoms with Crippen LogP contribution in [0, 0.1) is 0 Å². The molecule has 0 fully saturated rings. The summed E-state index contributed by atoms with van der Waals surface area (Å²) in [6, 6.07) is 13.4. The normalized spacial score (nSPS) is 12.2. The van der Waals surface area contributed by atoms with Crippen molar-refractivity contribution in [3.63, 3.8) is 0 Å². The Kier molecular flexibility index (Phi) is 5.40. The van der Waals surface area contributed by atoms with Gasteiger partial charge in [-0.25, -0.2) is 4.98 Å². The molecule has 0 saturated carbocycles. The van der Waals surface area contributed by atoms with Gasteiger partial charge in [0.15, 0.2) is 0 Å². The Hall–Kier alpha value is -2.73. The first-order chi connectivity index (χ1) is 12.2. The second kappa shape index (κ2) is 7.90. The number of aromatic nitrogens is 3. The molecule has 1 unspecified atom stereocenters. The minimum Gasteiger partial charge on any atom is -0.382 e. The van der Waals surface area contributed by atoms with Crippen molar-refractivity contribution in [1.29, 1.82) is 0 Å². The number of carbonyl (C=O) groups excluding carboxylic acids is 1. The number of para-hydroxylation sites is 2. The van der Waals surface area contributed by atoms with Gasteiger partial charge < -0.3 is 14.2 Å².